The second kappa shape index (κ2) is 9.93. The molecule has 150 valence electrons. The Balaban J connectivity index is 1.90. The van der Waals surface area contributed by atoms with Crippen molar-refractivity contribution < 1.29 is 9.18 Å². The van der Waals surface area contributed by atoms with E-state index in [2.05, 4.69) is 15.6 Å². The topological polar surface area (TPSA) is 56.7 Å². The molecule has 0 unspecified atom stereocenters. The minimum atomic E-state index is -0.338. The number of nitrogens with zero attached hydrogens (tertiary/aromatic N) is 2. The van der Waals surface area contributed by atoms with Crippen molar-refractivity contribution in [2.75, 3.05) is 32.7 Å². The summed E-state index contributed by atoms with van der Waals surface area (Å²) < 4.78 is 13.3. The van der Waals surface area contributed by atoms with E-state index in [0.717, 1.165) is 50.5 Å². The summed E-state index contributed by atoms with van der Waals surface area (Å²) in [6, 6.07) is 4.49. The number of carbonyl (C=O) groups is 1. The lowest BCUT2D eigenvalue weighted by molar-refractivity contribution is -0.127. The van der Waals surface area contributed by atoms with Gasteiger partial charge in [-0.15, -0.1) is 0 Å². The Labute approximate surface area is 166 Å². The Morgan fingerprint density at radius 2 is 2.15 bits per heavy atom. The molecule has 1 saturated heterocycles. The predicted octanol–water partition coefficient (Wildman–Crippen LogP) is 3.32. The number of rotatable bonds is 8. The van der Waals surface area contributed by atoms with Crippen LogP contribution in [0.2, 0.25) is 5.02 Å². The fourth-order valence-electron chi connectivity index (χ4n) is 3.16. The van der Waals surface area contributed by atoms with Crippen molar-refractivity contribution in [3.8, 4) is 0 Å². The Morgan fingerprint density at radius 1 is 1.37 bits per heavy atom. The van der Waals surface area contributed by atoms with Crippen molar-refractivity contribution in [3.05, 3.63) is 34.6 Å². The van der Waals surface area contributed by atoms with Crippen LogP contribution in [0.3, 0.4) is 0 Å². The van der Waals surface area contributed by atoms with Crippen LogP contribution in [-0.4, -0.2) is 49.5 Å². The SMILES string of the molecule is CCNC(=NCC(C)(C)c1ccc(F)cc1Cl)NCCCN1CCCC1=O. The number of benzene rings is 1. The molecule has 0 bridgehead atoms. The smallest absolute Gasteiger partial charge is 0.222 e. The van der Waals surface area contributed by atoms with E-state index >= 15 is 0 Å². The van der Waals surface area contributed by atoms with Gasteiger partial charge in [-0.3, -0.25) is 9.79 Å². The van der Waals surface area contributed by atoms with Gasteiger partial charge in [-0.05, 0) is 37.5 Å². The first-order valence-corrected chi connectivity index (χ1v) is 9.97. The molecule has 1 fully saturated rings. The summed E-state index contributed by atoms with van der Waals surface area (Å²) in [6.45, 7) is 9.76. The van der Waals surface area contributed by atoms with Gasteiger partial charge in [-0.1, -0.05) is 31.5 Å². The molecule has 1 aromatic rings. The van der Waals surface area contributed by atoms with Gasteiger partial charge < -0.3 is 15.5 Å². The van der Waals surface area contributed by atoms with Crippen LogP contribution in [-0.2, 0) is 10.2 Å². The van der Waals surface area contributed by atoms with Gasteiger partial charge in [-0.2, -0.15) is 0 Å². The van der Waals surface area contributed by atoms with E-state index in [9.17, 15) is 9.18 Å². The molecule has 0 spiro atoms. The summed E-state index contributed by atoms with van der Waals surface area (Å²) in [6.07, 6.45) is 2.53. The zero-order valence-corrected chi connectivity index (χ0v) is 17.2. The third kappa shape index (κ3) is 6.38. The standard InChI is InChI=1S/C20H30ClFN4O/c1-4-23-19(24-10-6-12-26-11-5-7-18(26)27)25-14-20(2,3)16-9-8-15(22)13-17(16)21/h8-9,13H,4-7,10-12,14H2,1-3H3,(H2,23,24,25). The Hall–Kier alpha value is -1.82. The number of likely N-dealkylation sites (tertiary alicyclic amines) is 1. The molecule has 7 heteroatoms. The second-order valence-corrected chi connectivity index (χ2v) is 7.88. The summed E-state index contributed by atoms with van der Waals surface area (Å²) in [4.78, 5) is 18.2. The molecule has 0 aromatic heterocycles. The van der Waals surface area contributed by atoms with Gasteiger partial charge in [0.1, 0.15) is 5.82 Å². The van der Waals surface area contributed by atoms with Crippen molar-refractivity contribution in [1.82, 2.24) is 15.5 Å². The molecule has 2 rings (SSSR count). The molecule has 0 saturated carbocycles. The molecular formula is C20H30ClFN4O. The van der Waals surface area contributed by atoms with Crippen molar-refractivity contribution in [3.63, 3.8) is 0 Å². The molecule has 2 N–H and O–H groups in total. The van der Waals surface area contributed by atoms with Gasteiger partial charge in [0, 0.05) is 43.0 Å². The first-order valence-electron chi connectivity index (χ1n) is 9.59. The fourth-order valence-corrected chi connectivity index (χ4v) is 3.58. The normalized spacial score (nSPS) is 15.4. The van der Waals surface area contributed by atoms with Crippen LogP contribution in [0.1, 0.15) is 45.6 Å². The van der Waals surface area contributed by atoms with Gasteiger partial charge in [0.25, 0.3) is 0 Å². The summed E-state index contributed by atoms with van der Waals surface area (Å²) >= 11 is 6.22. The van der Waals surface area contributed by atoms with E-state index in [0.29, 0.717) is 18.0 Å². The quantitative estimate of drug-likeness (QED) is 0.402. The molecule has 5 nitrogen and oxygen atoms in total. The van der Waals surface area contributed by atoms with Gasteiger partial charge in [0.05, 0.1) is 6.54 Å². The van der Waals surface area contributed by atoms with Crippen LogP contribution >= 0.6 is 11.6 Å². The van der Waals surface area contributed by atoms with Crippen LogP contribution < -0.4 is 10.6 Å². The van der Waals surface area contributed by atoms with Crippen molar-refractivity contribution in [2.45, 2.75) is 45.4 Å². The number of nitrogens with one attached hydrogen (secondary N) is 2. The molecule has 27 heavy (non-hydrogen) atoms. The van der Waals surface area contributed by atoms with E-state index < -0.39 is 0 Å². The molecule has 1 aliphatic rings. The van der Waals surface area contributed by atoms with E-state index in [1.807, 2.05) is 25.7 Å². The first kappa shape index (κ1) is 21.5. The number of guanidine groups is 1. The lowest BCUT2D eigenvalue weighted by Gasteiger charge is -2.25. The zero-order chi connectivity index (χ0) is 19.9. The minimum absolute atomic E-state index is 0.258. The number of carbonyl (C=O) groups excluding carboxylic acids is 1. The number of hydrogen-bond donors (Lipinski definition) is 2. The summed E-state index contributed by atoms with van der Waals surface area (Å²) in [5.74, 6) is 0.652. The Morgan fingerprint density at radius 3 is 2.78 bits per heavy atom. The first-order chi connectivity index (χ1) is 12.8. The molecule has 1 amide bonds. The maximum Gasteiger partial charge on any atom is 0.222 e. The van der Waals surface area contributed by atoms with Gasteiger partial charge in [0.2, 0.25) is 5.91 Å². The molecule has 1 aromatic carbocycles. The maximum atomic E-state index is 13.3. The lowest BCUT2D eigenvalue weighted by atomic mass is 9.84. The van der Waals surface area contributed by atoms with Crippen LogP contribution in [0, 0.1) is 5.82 Å². The molecule has 0 radical (unpaired) electrons. The lowest BCUT2D eigenvalue weighted by Crippen LogP contribution is -2.40. The molecule has 1 aliphatic heterocycles. The van der Waals surface area contributed by atoms with Crippen molar-refractivity contribution >= 4 is 23.5 Å². The average Bonchev–Trinajstić information content (AvgIpc) is 3.01. The van der Waals surface area contributed by atoms with E-state index in [4.69, 9.17) is 11.6 Å². The Kier molecular flexibility index (Phi) is 7.90. The predicted molar refractivity (Wildman–Crippen MR) is 109 cm³/mol. The van der Waals surface area contributed by atoms with E-state index in [1.54, 1.807) is 6.07 Å². The summed E-state index contributed by atoms with van der Waals surface area (Å²) in [5, 5.41) is 6.97. The number of hydrogen-bond acceptors (Lipinski definition) is 2. The van der Waals surface area contributed by atoms with Gasteiger partial charge >= 0.3 is 0 Å². The fraction of sp³-hybridized carbons (Fsp3) is 0.600. The van der Waals surface area contributed by atoms with E-state index in [-0.39, 0.29) is 17.1 Å². The number of aliphatic imine (C=N–C) groups is 1. The van der Waals surface area contributed by atoms with Crippen LogP contribution in [0.4, 0.5) is 4.39 Å². The third-order valence-electron chi connectivity index (χ3n) is 4.71. The second-order valence-electron chi connectivity index (χ2n) is 7.47. The monoisotopic (exact) mass is 396 g/mol. The molecule has 0 aliphatic carbocycles. The number of halogens is 2. The van der Waals surface area contributed by atoms with Crippen LogP contribution in [0.5, 0.6) is 0 Å². The number of amides is 1. The van der Waals surface area contributed by atoms with E-state index in [1.165, 1.54) is 12.1 Å². The highest BCUT2D eigenvalue weighted by Crippen LogP contribution is 2.30. The van der Waals surface area contributed by atoms with Crippen LogP contribution in [0.25, 0.3) is 0 Å². The molecule has 1 heterocycles. The van der Waals surface area contributed by atoms with Crippen molar-refractivity contribution in [2.24, 2.45) is 4.99 Å². The van der Waals surface area contributed by atoms with Gasteiger partial charge in [0.15, 0.2) is 5.96 Å². The highest BCUT2D eigenvalue weighted by molar-refractivity contribution is 6.31. The molecular weight excluding hydrogens is 367 g/mol. The van der Waals surface area contributed by atoms with Crippen molar-refractivity contribution in [1.29, 1.82) is 0 Å². The minimum Gasteiger partial charge on any atom is -0.357 e. The Bertz CT molecular complexity index is 678. The third-order valence-corrected chi connectivity index (χ3v) is 5.02. The zero-order valence-electron chi connectivity index (χ0n) is 16.4. The summed E-state index contributed by atoms with van der Waals surface area (Å²) in [7, 11) is 0. The highest BCUT2D eigenvalue weighted by Gasteiger charge is 2.24. The molecule has 0 atom stereocenters. The highest BCUT2D eigenvalue weighted by atomic mass is 35.5. The largest absolute Gasteiger partial charge is 0.357 e. The summed E-state index contributed by atoms with van der Waals surface area (Å²) in [5.41, 5.74) is 0.549. The maximum absolute atomic E-state index is 13.3. The average molecular weight is 397 g/mol. The van der Waals surface area contributed by atoms with Gasteiger partial charge in [-0.25, -0.2) is 4.39 Å². The van der Waals surface area contributed by atoms with Crippen LogP contribution in [0.15, 0.2) is 23.2 Å².